The van der Waals surface area contributed by atoms with Crippen LogP contribution in [0.4, 0.5) is 0 Å². The van der Waals surface area contributed by atoms with Crippen molar-refractivity contribution in [1.29, 1.82) is 0 Å². The molecule has 3 rings (SSSR count). The Morgan fingerprint density at radius 3 is 3.00 bits per heavy atom. The molecule has 0 atom stereocenters. The van der Waals surface area contributed by atoms with E-state index in [0.29, 0.717) is 11.5 Å². The Hall–Kier alpha value is -2.06. The number of ether oxygens (including phenoxy) is 1. The highest BCUT2D eigenvalue weighted by molar-refractivity contribution is 9.10. The van der Waals surface area contributed by atoms with Crippen molar-refractivity contribution in [3.63, 3.8) is 0 Å². The van der Waals surface area contributed by atoms with Crippen LogP contribution in [0.15, 0.2) is 38.6 Å². The number of esters is 1. The van der Waals surface area contributed by atoms with Crippen LogP contribution < -0.4 is 0 Å². The summed E-state index contributed by atoms with van der Waals surface area (Å²) < 4.78 is 11.2. The lowest BCUT2D eigenvalue weighted by Gasteiger charge is -1.99. The van der Waals surface area contributed by atoms with Crippen molar-refractivity contribution >= 4 is 33.2 Å². The molecule has 8 heteroatoms. The highest BCUT2D eigenvalue weighted by atomic mass is 79.9. The number of aryl methyl sites for hydroxylation is 1. The first-order chi connectivity index (χ1) is 11.1. The van der Waals surface area contributed by atoms with E-state index >= 15 is 0 Å². The first-order valence-corrected chi connectivity index (χ1v) is 8.42. The summed E-state index contributed by atoms with van der Waals surface area (Å²) in [6.07, 6.45) is 0.136. The Bertz CT molecular complexity index is 831. The molecule has 23 heavy (non-hydrogen) atoms. The molecule has 2 heterocycles. The molecule has 3 aromatic rings. The van der Waals surface area contributed by atoms with Gasteiger partial charge < -0.3 is 9.26 Å². The normalized spacial score (nSPS) is 10.7. The zero-order chi connectivity index (χ0) is 16.2. The SMILES string of the molecule is Cc1nc(CC(=O)OCc2nc(-c3cccc(Br)c3)no2)cs1. The van der Waals surface area contributed by atoms with Crippen molar-refractivity contribution in [2.45, 2.75) is 20.0 Å². The van der Waals surface area contributed by atoms with Gasteiger partial charge in [0.15, 0.2) is 6.61 Å². The van der Waals surface area contributed by atoms with Crippen LogP contribution >= 0.6 is 27.3 Å². The molecule has 0 bridgehead atoms. The number of halogens is 1. The molecule has 2 aromatic heterocycles. The Kier molecular flexibility index (Phi) is 4.82. The van der Waals surface area contributed by atoms with Gasteiger partial charge in [0.25, 0.3) is 5.89 Å². The van der Waals surface area contributed by atoms with Crippen LogP contribution in [0.2, 0.25) is 0 Å². The standard InChI is InChI=1S/C15H12BrN3O3S/c1-9-17-12(8-23-9)6-14(20)21-7-13-18-15(19-22-13)10-3-2-4-11(16)5-10/h2-5,8H,6-7H2,1H3. The van der Waals surface area contributed by atoms with Crippen molar-refractivity contribution < 1.29 is 14.1 Å². The first kappa shape index (κ1) is 15.8. The number of hydrogen-bond acceptors (Lipinski definition) is 7. The molecule has 1 aromatic carbocycles. The molecule has 0 aliphatic heterocycles. The second kappa shape index (κ2) is 7.01. The molecule has 118 valence electrons. The summed E-state index contributed by atoms with van der Waals surface area (Å²) in [7, 11) is 0. The molecule has 0 aliphatic carbocycles. The summed E-state index contributed by atoms with van der Waals surface area (Å²) in [5.74, 6) is 0.327. The molecular weight excluding hydrogens is 382 g/mol. The van der Waals surface area contributed by atoms with Gasteiger partial charge in [-0.25, -0.2) is 4.98 Å². The average Bonchev–Trinajstić information content (AvgIpc) is 3.14. The van der Waals surface area contributed by atoms with E-state index in [0.717, 1.165) is 15.0 Å². The van der Waals surface area contributed by atoms with Gasteiger partial charge in [0, 0.05) is 15.4 Å². The molecule has 0 saturated carbocycles. The highest BCUT2D eigenvalue weighted by Gasteiger charge is 2.12. The van der Waals surface area contributed by atoms with Crippen LogP contribution in [0.5, 0.6) is 0 Å². The van der Waals surface area contributed by atoms with Gasteiger partial charge in [-0.2, -0.15) is 4.98 Å². The number of carbonyl (C=O) groups excluding carboxylic acids is 1. The summed E-state index contributed by atoms with van der Waals surface area (Å²) in [4.78, 5) is 20.2. The Morgan fingerprint density at radius 2 is 2.26 bits per heavy atom. The highest BCUT2D eigenvalue weighted by Crippen LogP contribution is 2.20. The van der Waals surface area contributed by atoms with Crippen LogP contribution in [0.1, 0.15) is 16.6 Å². The largest absolute Gasteiger partial charge is 0.455 e. The lowest BCUT2D eigenvalue weighted by molar-refractivity contribution is -0.144. The van der Waals surface area contributed by atoms with Gasteiger partial charge in [-0.3, -0.25) is 4.79 Å². The van der Waals surface area contributed by atoms with Gasteiger partial charge >= 0.3 is 5.97 Å². The van der Waals surface area contributed by atoms with E-state index in [4.69, 9.17) is 9.26 Å². The molecule has 0 saturated heterocycles. The van der Waals surface area contributed by atoms with Crippen LogP contribution in [-0.2, 0) is 22.6 Å². The van der Waals surface area contributed by atoms with E-state index in [9.17, 15) is 4.79 Å². The van der Waals surface area contributed by atoms with E-state index in [1.165, 1.54) is 11.3 Å². The van der Waals surface area contributed by atoms with Gasteiger partial charge in [-0.1, -0.05) is 33.2 Å². The number of rotatable bonds is 5. The molecule has 0 unspecified atom stereocenters. The third-order valence-electron chi connectivity index (χ3n) is 2.90. The molecule has 0 amide bonds. The number of benzene rings is 1. The monoisotopic (exact) mass is 393 g/mol. The third kappa shape index (κ3) is 4.23. The van der Waals surface area contributed by atoms with Gasteiger partial charge in [-0.15, -0.1) is 11.3 Å². The van der Waals surface area contributed by atoms with Gasteiger partial charge in [0.1, 0.15) is 0 Å². The van der Waals surface area contributed by atoms with Crippen LogP contribution in [-0.4, -0.2) is 21.1 Å². The third-order valence-corrected chi connectivity index (χ3v) is 4.22. The van der Waals surface area contributed by atoms with Crippen LogP contribution in [0.25, 0.3) is 11.4 Å². The van der Waals surface area contributed by atoms with Crippen molar-refractivity contribution in [2.24, 2.45) is 0 Å². The molecule has 0 aliphatic rings. The molecule has 6 nitrogen and oxygen atoms in total. The van der Waals surface area contributed by atoms with Gasteiger partial charge in [0.05, 0.1) is 17.1 Å². The smallest absolute Gasteiger partial charge is 0.312 e. The topological polar surface area (TPSA) is 78.1 Å². The Balaban J connectivity index is 1.58. The van der Waals surface area contributed by atoms with E-state index in [2.05, 4.69) is 31.1 Å². The quantitative estimate of drug-likeness (QED) is 0.616. The summed E-state index contributed by atoms with van der Waals surface area (Å²) in [6, 6.07) is 7.54. The molecular formula is C15H12BrN3O3S. The number of carbonyl (C=O) groups is 1. The fourth-order valence-electron chi connectivity index (χ4n) is 1.89. The molecule has 0 radical (unpaired) electrons. The maximum Gasteiger partial charge on any atom is 0.312 e. The van der Waals surface area contributed by atoms with E-state index in [-0.39, 0.29) is 24.9 Å². The molecule has 0 N–H and O–H groups in total. The van der Waals surface area contributed by atoms with E-state index < -0.39 is 0 Å². The number of hydrogen-bond donors (Lipinski definition) is 0. The van der Waals surface area contributed by atoms with Crippen molar-refractivity contribution in [1.82, 2.24) is 15.1 Å². The maximum absolute atomic E-state index is 11.8. The zero-order valence-electron chi connectivity index (χ0n) is 12.2. The lowest BCUT2D eigenvalue weighted by atomic mass is 10.2. The number of nitrogens with zero attached hydrogens (tertiary/aromatic N) is 3. The maximum atomic E-state index is 11.8. The predicted molar refractivity (Wildman–Crippen MR) is 87.8 cm³/mol. The predicted octanol–water partition coefficient (Wildman–Crippen LogP) is 3.55. The average molecular weight is 394 g/mol. The number of aromatic nitrogens is 3. The Labute approximate surface area is 144 Å². The van der Waals surface area contributed by atoms with Gasteiger partial charge in [0.2, 0.25) is 5.82 Å². The summed E-state index contributed by atoms with van der Waals surface area (Å²) in [5.41, 5.74) is 1.52. The zero-order valence-corrected chi connectivity index (χ0v) is 14.6. The second-order valence-electron chi connectivity index (χ2n) is 4.72. The van der Waals surface area contributed by atoms with Crippen molar-refractivity contribution in [2.75, 3.05) is 0 Å². The lowest BCUT2D eigenvalue weighted by Crippen LogP contribution is -2.08. The fraction of sp³-hybridized carbons (Fsp3) is 0.200. The minimum Gasteiger partial charge on any atom is -0.455 e. The second-order valence-corrected chi connectivity index (χ2v) is 6.70. The number of thiazole rings is 1. The minimum absolute atomic E-state index is 0.0526. The van der Waals surface area contributed by atoms with E-state index in [1.807, 2.05) is 36.6 Å². The van der Waals surface area contributed by atoms with Crippen LogP contribution in [0.3, 0.4) is 0 Å². The summed E-state index contributed by atoms with van der Waals surface area (Å²) in [6.45, 7) is 1.84. The van der Waals surface area contributed by atoms with E-state index in [1.54, 1.807) is 0 Å². The van der Waals surface area contributed by atoms with Gasteiger partial charge in [-0.05, 0) is 19.1 Å². The first-order valence-electron chi connectivity index (χ1n) is 6.75. The molecule has 0 fully saturated rings. The molecule has 0 spiro atoms. The summed E-state index contributed by atoms with van der Waals surface area (Å²) in [5, 5.41) is 6.65. The summed E-state index contributed by atoms with van der Waals surface area (Å²) >= 11 is 4.89. The fourth-order valence-corrected chi connectivity index (χ4v) is 2.90. The van der Waals surface area contributed by atoms with Crippen molar-refractivity contribution in [3.8, 4) is 11.4 Å². The van der Waals surface area contributed by atoms with Crippen molar-refractivity contribution in [3.05, 3.63) is 50.7 Å². The Morgan fingerprint density at radius 1 is 1.39 bits per heavy atom. The minimum atomic E-state index is -0.377. The van der Waals surface area contributed by atoms with Crippen LogP contribution in [0, 0.1) is 6.92 Å².